The van der Waals surface area contributed by atoms with Gasteiger partial charge in [0.1, 0.15) is 5.82 Å². The van der Waals surface area contributed by atoms with Crippen LogP contribution in [0.3, 0.4) is 0 Å². The number of carbonyl (C=O) groups is 1. The molecule has 0 radical (unpaired) electrons. The molecule has 1 unspecified atom stereocenters. The summed E-state index contributed by atoms with van der Waals surface area (Å²) in [4.78, 5) is 11.7. The maximum atomic E-state index is 13.5. The first-order valence-corrected chi connectivity index (χ1v) is 5.56. The van der Waals surface area contributed by atoms with Crippen molar-refractivity contribution in [2.24, 2.45) is 5.92 Å². The lowest BCUT2D eigenvalue weighted by atomic mass is 10.1. The van der Waals surface area contributed by atoms with Crippen LogP contribution in [0, 0.1) is 11.7 Å². The van der Waals surface area contributed by atoms with Gasteiger partial charge in [-0.3, -0.25) is 4.79 Å². The Morgan fingerprint density at radius 1 is 1.37 bits per heavy atom. The summed E-state index contributed by atoms with van der Waals surface area (Å²) in [6.07, 6.45) is -4.87. The van der Waals surface area contributed by atoms with Crippen LogP contribution in [0.25, 0.3) is 0 Å². The Balaban J connectivity index is 2.99. The van der Waals surface area contributed by atoms with E-state index >= 15 is 0 Å². The van der Waals surface area contributed by atoms with Gasteiger partial charge < -0.3 is 10.0 Å². The summed E-state index contributed by atoms with van der Waals surface area (Å²) in [5.41, 5.74) is -0.0412. The van der Waals surface area contributed by atoms with E-state index < -0.39 is 30.4 Å². The summed E-state index contributed by atoms with van der Waals surface area (Å²) in [6.45, 7) is 0.777. The van der Waals surface area contributed by atoms with Gasteiger partial charge in [0.2, 0.25) is 0 Å². The maximum Gasteiger partial charge on any atom is 0.403 e. The number of benzene rings is 1. The van der Waals surface area contributed by atoms with Crippen LogP contribution < -0.4 is 4.90 Å². The molecular formula is C12H13F4NO2. The molecule has 0 heterocycles. The first-order chi connectivity index (χ1) is 8.77. The van der Waals surface area contributed by atoms with Crippen molar-refractivity contribution in [1.29, 1.82) is 0 Å². The Morgan fingerprint density at radius 2 is 1.95 bits per heavy atom. The largest absolute Gasteiger partial charge is 0.481 e. The van der Waals surface area contributed by atoms with Crippen LogP contribution in [0.5, 0.6) is 0 Å². The van der Waals surface area contributed by atoms with Crippen LogP contribution in [-0.2, 0) is 4.79 Å². The van der Waals surface area contributed by atoms with E-state index in [2.05, 4.69) is 0 Å². The van der Waals surface area contributed by atoms with Gasteiger partial charge in [-0.2, -0.15) is 13.2 Å². The molecule has 0 aromatic heterocycles. The summed E-state index contributed by atoms with van der Waals surface area (Å²) in [7, 11) is 0. The molecule has 0 saturated carbocycles. The Morgan fingerprint density at radius 3 is 2.37 bits per heavy atom. The van der Waals surface area contributed by atoms with Gasteiger partial charge in [0.25, 0.3) is 0 Å². The second kappa shape index (κ2) is 5.90. The van der Waals surface area contributed by atoms with Gasteiger partial charge in [0, 0.05) is 13.1 Å². The molecule has 0 aliphatic carbocycles. The molecule has 0 bridgehead atoms. The SMILES string of the molecule is CCN(CC(C(=O)O)C(F)(F)F)c1ccccc1F. The van der Waals surface area contributed by atoms with E-state index in [-0.39, 0.29) is 12.2 Å². The minimum atomic E-state index is -4.87. The van der Waals surface area contributed by atoms with E-state index in [9.17, 15) is 22.4 Å². The predicted molar refractivity (Wildman–Crippen MR) is 61.5 cm³/mol. The van der Waals surface area contributed by atoms with Crippen LogP contribution in [0.2, 0.25) is 0 Å². The van der Waals surface area contributed by atoms with Crippen molar-refractivity contribution >= 4 is 11.7 Å². The van der Waals surface area contributed by atoms with Crippen LogP contribution in [0.15, 0.2) is 24.3 Å². The molecule has 0 spiro atoms. The lowest BCUT2D eigenvalue weighted by Crippen LogP contribution is -2.41. The van der Waals surface area contributed by atoms with E-state index in [1.165, 1.54) is 25.1 Å². The van der Waals surface area contributed by atoms with Crippen LogP contribution in [0.1, 0.15) is 6.92 Å². The monoisotopic (exact) mass is 279 g/mol. The van der Waals surface area contributed by atoms with Crippen LogP contribution >= 0.6 is 0 Å². The third-order valence-corrected chi connectivity index (χ3v) is 2.67. The van der Waals surface area contributed by atoms with E-state index in [1.807, 2.05) is 0 Å². The Bertz CT molecular complexity index is 448. The molecule has 3 nitrogen and oxygen atoms in total. The second-order valence-electron chi connectivity index (χ2n) is 3.92. The fourth-order valence-electron chi connectivity index (χ4n) is 1.65. The molecule has 1 rings (SSSR count). The third kappa shape index (κ3) is 3.84. The standard InChI is InChI=1S/C12H13F4NO2/c1-2-17(10-6-4-3-5-9(10)13)7-8(11(18)19)12(14,15)16/h3-6,8H,2,7H2,1H3,(H,18,19). The van der Waals surface area contributed by atoms with E-state index in [4.69, 9.17) is 5.11 Å². The summed E-state index contributed by atoms with van der Waals surface area (Å²) in [5.74, 6) is -5.20. The summed E-state index contributed by atoms with van der Waals surface area (Å²) >= 11 is 0. The number of hydrogen-bond acceptors (Lipinski definition) is 2. The van der Waals surface area contributed by atoms with Crippen molar-refractivity contribution in [3.63, 3.8) is 0 Å². The zero-order valence-electron chi connectivity index (χ0n) is 10.1. The highest BCUT2D eigenvalue weighted by Crippen LogP contribution is 2.29. The molecular weight excluding hydrogens is 266 g/mol. The summed E-state index contributed by atoms with van der Waals surface area (Å²) in [5, 5.41) is 8.63. The first-order valence-electron chi connectivity index (χ1n) is 5.56. The van der Waals surface area contributed by atoms with Gasteiger partial charge in [-0.25, -0.2) is 4.39 Å². The lowest BCUT2D eigenvalue weighted by Gasteiger charge is -2.27. The number of anilines is 1. The average Bonchev–Trinajstić information content (AvgIpc) is 2.29. The molecule has 106 valence electrons. The highest BCUT2D eigenvalue weighted by molar-refractivity contribution is 5.72. The molecule has 0 aliphatic rings. The van der Waals surface area contributed by atoms with E-state index in [1.54, 1.807) is 0 Å². The fraction of sp³-hybridized carbons (Fsp3) is 0.417. The van der Waals surface area contributed by atoms with Crippen molar-refractivity contribution in [2.75, 3.05) is 18.0 Å². The van der Waals surface area contributed by atoms with Crippen molar-refractivity contribution < 1.29 is 27.5 Å². The minimum Gasteiger partial charge on any atom is -0.481 e. The molecule has 1 aromatic carbocycles. The number of carboxylic acids is 1. The number of rotatable bonds is 5. The topological polar surface area (TPSA) is 40.5 Å². The number of hydrogen-bond donors (Lipinski definition) is 1. The Kier molecular flexibility index (Phi) is 4.74. The van der Waals surface area contributed by atoms with E-state index in [0.29, 0.717) is 0 Å². The van der Waals surface area contributed by atoms with Gasteiger partial charge in [-0.1, -0.05) is 12.1 Å². The average molecular weight is 279 g/mol. The van der Waals surface area contributed by atoms with E-state index in [0.717, 1.165) is 11.0 Å². The van der Waals surface area contributed by atoms with Gasteiger partial charge in [0.05, 0.1) is 5.69 Å². The van der Waals surface area contributed by atoms with Gasteiger partial charge in [0.15, 0.2) is 5.92 Å². The molecule has 0 saturated heterocycles. The Hall–Kier alpha value is -1.79. The normalized spacial score (nSPS) is 13.1. The quantitative estimate of drug-likeness (QED) is 0.842. The molecule has 0 aliphatic heterocycles. The van der Waals surface area contributed by atoms with Crippen molar-refractivity contribution in [2.45, 2.75) is 13.1 Å². The zero-order valence-corrected chi connectivity index (χ0v) is 10.1. The Labute approximate surface area is 107 Å². The molecule has 1 N–H and O–H groups in total. The number of alkyl halides is 3. The zero-order chi connectivity index (χ0) is 14.6. The van der Waals surface area contributed by atoms with Crippen LogP contribution in [0.4, 0.5) is 23.2 Å². The predicted octanol–water partition coefficient (Wildman–Crippen LogP) is 2.92. The summed E-state index contributed by atoms with van der Waals surface area (Å²) in [6, 6.07) is 5.31. The molecule has 1 atom stereocenters. The number of halogens is 4. The fourth-order valence-corrected chi connectivity index (χ4v) is 1.65. The van der Waals surface area contributed by atoms with Crippen LogP contribution in [-0.4, -0.2) is 30.3 Å². The van der Waals surface area contributed by atoms with Gasteiger partial charge in [-0.05, 0) is 19.1 Å². The molecule has 0 fully saturated rings. The number of carboxylic acid groups (broad SMARTS) is 1. The number of nitrogens with zero attached hydrogens (tertiary/aromatic N) is 1. The number of aliphatic carboxylic acids is 1. The molecule has 19 heavy (non-hydrogen) atoms. The highest BCUT2D eigenvalue weighted by Gasteiger charge is 2.46. The van der Waals surface area contributed by atoms with Crippen molar-refractivity contribution in [3.05, 3.63) is 30.1 Å². The first kappa shape index (κ1) is 15.3. The minimum absolute atomic E-state index is 0.0412. The molecule has 7 heteroatoms. The van der Waals surface area contributed by atoms with Crippen molar-refractivity contribution in [3.8, 4) is 0 Å². The maximum absolute atomic E-state index is 13.5. The number of para-hydroxylation sites is 1. The van der Waals surface area contributed by atoms with Crippen molar-refractivity contribution in [1.82, 2.24) is 0 Å². The van der Waals surface area contributed by atoms with Gasteiger partial charge in [-0.15, -0.1) is 0 Å². The second-order valence-corrected chi connectivity index (χ2v) is 3.92. The summed E-state index contributed by atoms with van der Waals surface area (Å²) < 4.78 is 51.3. The smallest absolute Gasteiger partial charge is 0.403 e. The van der Waals surface area contributed by atoms with Gasteiger partial charge >= 0.3 is 12.1 Å². The highest BCUT2D eigenvalue weighted by atomic mass is 19.4. The lowest BCUT2D eigenvalue weighted by molar-refractivity contribution is -0.191. The molecule has 1 aromatic rings. The molecule has 0 amide bonds. The third-order valence-electron chi connectivity index (χ3n) is 2.67.